The Labute approximate surface area is 124 Å². The van der Waals surface area contributed by atoms with E-state index in [1.165, 1.54) is 18.2 Å². The zero-order valence-electron chi connectivity index (χ0n) is 11.6. The Kier molecular flexibility index (Phi) is 4.40. The molecule has 1 N–H and O–H groups in total. The van der Waals surface area contributed by atoms with Crippen LogP contribution in [0.2, 0.25) is 0 Å². The molecule has 0 spiro atoms. The number of benzene rings is 1. The Morgan fingerprint density at radius 2 is 2.00 bits per heavy atom. The van der Waals surface area contributed by atoms with Gasteiger partial charge >= 0.3 is 12.1 Å². The van der Waals surface area contributed by atoms with E-state index in [1.807, 2.05) is 0 Å². The molecule has 0 aliphatic heterocycles. The number of allylic oxidation sites excluding steroid dienone is 1. The van der Waals surface area contributed by atoms with Crippen molar-refractivity contribution in [3.05, 3.63) is 53.8 Å². The highest BCUT2D eigenvalue weighted by molar-refractivity contribution is 5.89. The first-order valence-electron chi connectivity index (χ1n) is 6.52. The van der Waals surface area contributed by atoms with Gasteiger partial charge < -0.3 is 9.52 Å². The second kappa shape index (κ2) is 6.09. The minimum absolute atomic E-state index is 0.255. The maximum Gasteiger partial charge on any atom is 0.416 e. The highest BCUT2D eigenvalue weighted by Gasteiger charge is 2.30. The Balaban J connectivity index is 2.38. The predicted molar refractivity (Wildman–Crippen MR) is 75.0 cm³/mol. The largest absolute Gasteiger partial charge is 0.478 e. The van der Waals surface area contributed by atoms with Gasteiger partial charge in [-0.15, -0.1) is 0 Å². The highest BCUT2D eigenvalue weighted by Crippen LogP contribution is 2.33. The number of aliphatic carboxylic acids is 1. The lowest BCUT2D eigenvalue weighted by molar-refractivity contribution is -0.137. The van der Waals surface area contributed by atoms with E-state index in [0.29, 0.717) is 17.8 Å². The third kappa shape index (κ3) is 3.58. The van der Waals surface area contributed by atoms with Crippen molar-refractivity contribution in [2.75, 3.05) is 0 Å². The number of carboxylic acids is 1. The highest BCUT2D eigenvalue weighted by atomic mass is 19.4. The van der Waals surface area contributed by atoms with Crippen LogP contribution < -0.4 is 0 Å². The van der Waals surface area contributed by atoms with Crippen LogP contribution in [0.1, 0.15) is 24.7 Å². The summed E-state index contributed by atoms with van der Waals surface area (Å²) in [5.41, 5.74) is -0.0164. The molecule has 0 saturated carbocycles. The smallest absolute Gasteiger partial charge is 0.416 e. The van der Waals surface area contributed by atoms with E-state index < -0.39 is 17.7 Å². The third-order valence-electron chi connectivity index (χ3n) is 3.08. The first-order valence-corrected chi connectivity index (χ1v) is 6.52. The molecule has 0 unspecified atom stereocenters. The number of hydrogen-bond acceptors (Lipinski definition) is 2. The number of alkyl halides is 3. The van der Waals surface area contributed by atoms with Crippen LogP contribution in [0.25, 0.3) is 16.9 Å². The van der Waals surface area contributed by atoms with Gasteiger partial charge in [-0.2, -0.15) is 13.2 Å². The number of carbonyl (C=O) groups is 1. The van der Waals surface area contributed by atoms with Crippen molar-refractivity contribution in [3.63, 3.8) is 0 Å². The lowest BCUT2D eigenvalue weighted by Crippen LogP contribution is -2.04. The van der Waals surface area contributed by atoms with Crippen LogP contribution in [0.15, 0.2) is 46.9 Å². The van der Waals surface area contributed by atoms with Crippen LogP contribution in [-0.4, -0.2) is 11.1 Å². The standard InChI is InChI=1S/C16H13F3O3/c1-2-10(9-15(20)21)13-6-7-14(22-13)11-4-3-5-12(8-11)16(17,18)19/h3-9H,2H2,1H3,(H,20,21)/b10-9+. The van der Waals surface area contributed by atoms with E-state index in [9.17, 15) is 18.0 Å². The van der Waals surface area contributed by atoms with Crippen molar-refractivity contribution < 1.29 is 27.5 Å². The molecule has 2 aromatic rings. The summed E-state index contributed by atoms with van der Waals surface area (Å²) >= 11 is 0. The molecule has 1 heterocycles. The molecule has 0 atom stereocenters. The summed E-state index contributed by atoms with van der Waals surface area (Å²) in [6, 6.07) is 7.85. The van der Waals surface area contributed by atoms with E-state index in [0.717, 1.165) is 18.2 Å². The van der Waals surface area contributed by atoms with Crippen LogP contribution in [0.5, 0.6) is 0 Å². The number of hydrogen-bond donors (Lipinski definition) is 1. The van der Waals surface area contributed by atoms with E-state index in [1.54, 1.807) is 13.0 Å². The van der Waals surface area contributed by atoms with Gasteiger partial charge in [0.1, 0.15) is 11.5 Å². The van der Waals surface area contributed by atoms with Gasteiger partial charge in [0, 0.05) is 17.2 Å². The van der Waals surface area contributed by atoms with Crippen LogP contribution in [0.3, 0.4) is 0 Å². The lowest BCUT2D eigenvalue weighted by atomic mass is 10.1. The molecule has 1 aromatic heterocycles. The molecule has 6 heteroatoms. The Morgan fingerprint density at radius 1 is 1.27 bits per heavy atom. The second-order valence-electron chi connectivity index (χ2n) is 4.60. The van der Waals surface area contributed by atoms with Gasteiger partial charge in [-0.25, -0.2) is 4.79 Å². The summed E-state index contributed by atoms with van der Waals surface area (Å²) in [7, 11) is 0. The predicted octanol–water partition coefficient (Wildman–Crippen LogP) is 4.84. The summed E-state index contributed by atoms with van der Waals surface area (Å²) in [4.78, 5) is 10.7. The van der Waals surface area contributed by atoms with Crippen LogP contribution in [-0.2, 0) is 11.0 Å². The first-order chi connectivity index (χ1) is 10.3. The zero-order chi connectivity index (χ0) is 16.3. The number of halogens is 3. The Bertz CT molecular complexity index is 711. The maximum absolute atomic E-state index is 12.7. The van der Waals surface area contributed by atoms with Gasteiger partial charge in [-0.05, 0) is 30.7 Å². The van der Waals surface area contributed by atoms with Crippen LogP contribution in [0.4, 0.5) is 13.2 Å². The molecule has 0 amide bonds. The fourth-order valence-electron chi connectivity index (χ4n) is 2.01. The van der Waals surface area contributed by atoms with Crippen LogP contribution in [0, 0.1) is 0 Å². The molecule has 0 fully saturated rings. The van der Waals surface area contributed by atoms with Gasteiger partial charge in [0.2, 0.25) is 0 Å². The summed E-state index contributed by atoms with van der Waals surface area (Å²) in [5, 5.41) is 8.78. The fourth-order valence-corrected chi connectivity index (χ4v) is 2.01. The lowest BCUT2D eigenvalue weighted by Gasteiger charge is -2.07. The molecule has 0 saturated heterocycles. The van der Waals surface area contributed by atoms with Crippen molar-refractivity contribution in [2.24, 2.45) is 0 Å². The van der Waals surface area contributed by atoms with Gasteiger partial charge in [-0.3, -0.25) is 0 Å². The summed E-state index contributed by atoms with van der Waals surface area (Å²) in [5.74, 6) is -0.517. The van der Waals surface area contributed by atoms with E-state index >= 15 is 0 Å². The van der Waals surface area contributed by atoms with E-state index in [2.05, 4.69) is 0 Å². The molecule has 0 aliphatic rings. The van der Waals surface area contributed by atoms with E-state index in [4.69, 9.17) is 9.52 Å². The first kappa shape index (κ1) is 15.9. The molecule has 0 radical (unpaired) electrons. The molecule has 3 nitrogen and oxygen atoms in total. The molecule has 0 aliphatic carbocycles. The molecule has 22 heavy (non-hydrogen) atoms. The zero-order valence-corrected chi connectivity index (χ0v) is 11.6. The Hall–Kier alpha value is -2.50. The topological polar surface area (TPSA) is 50.4 Å². The minimum atomic E-state index is -4.43. The van der Waals surface area contributed by atoms with Crippen molar-refractivity contribution in [1.82, 2.24) is 0 Å². The summed E-state index contributed by atoms with van der Waals surface area (Å²) in [6.07, 6.45) is -2.97. The third-order valence-corrected chi connectivity index (χ3v) is 3.08. The van der Waals surface area contributed by atoms with Crippen molar-refractivity contribution >= 4 is 11.5 Å². The summed E-state index contributed by atoms with van der Waals surface area (Å²) in [6.45, 7) is 1.77. The molecule has 116 valence electrons. The van der Waals surface area contributed by atoms with Gasteiger partial charge in [0.25, 0.3) is 0 Å². The maximum atomic E-state index is 12.7. The van der Waals surface area contributed by atoms with Crippen molar-refractivity contribution in [2.45, 2.75) is 19.5 Å². The summed E-state index contributed by atoms with van der Waals surface area (Å²) < 4.78 is 43.6. The molecular weight excluding hydrogens is 297 g/mol. The van der Waals surface area contributed by atoms with Crippen LogP contribution >= 0.6 is 0 Å². The minimum Gasteiger partial charge on any atom is -0.478 e. The molecule has 1 aromatic carbocycles. The quantitative estimate of drug-likeness (QED) is 0.822. The Morgan fingerprint density at radius 3 is 2.59 bits per heavy atom. The van der Waals surface area contributed by atoms with Gasteiger partial charge in [0.05, 0.1) is 5.56 Å². The number of rotatable bonds is 4. The van der Waals surface area contributed by atoms with Gasteiger partial charge in [0.15, 0.2) is 0 Å². The van der Waals surface area contributed by atoms with E-state index in [-0.39, 0.29) is 11.3 Å². The average Bonchev–Trinajstić information content (AvgIpc) is 2.93. The SMILES string of the molecule is CC/C(=C\C(=O)O)c1ccc(-c2cccc(C(F)(F)F)c2)o1. The van der Waals surface area contributed by atoms with Crippen molar-refractivity contribution in [1.29, 1.82) is 0 Å². The number of carboxylic acid groups (broad SMARTS) is 1. The second-order valence-corrected chi connectivity index (χ2v) is 4.60. The fraction of sp³-hybridized carbons (Fsp3) is 0.188. The molecule has 2 rings (SSSR count). The normalized spacial score (nSPS) is 12.5. The van der Waals surface area contributed by atoms with Crippen molar-refractivity contribution in [3.8, 4) is 11.3 Å². The molecule has 0 bridgehead atoms. The monoisotopic (exact) mass is 310 g/mol. The number of furan rings is 1. The average molecular weight is 310 g/mol. The van der Waals surface area contributed by atoms with Gasteiger partial charge in [-0.1, -0.05) is 19.1 Å². The molecular formula is C16H13F3O3.